The van der Waals surface area contributed by atoms with Crippen LogP contribution in [0.15, 0.2) is 30.3 Å². The van der Waals surface area contributed by atoms with Crippen LogP contribution in [0, 0.1) is 12.8 Å². The zero-order chi connectivity index (χ0) is 17.0. The van der Waals surface area contributed by atoms with Crippen LogP contribution in [0.4, 0.5) is 0 Å². The summed E-state index contributed by atoms with van der Waals surface area (Å²) in [6.07, 6.45) is -0.00479. The fourth-order valence-corrected chi connectivity index (χ4v) is 2.23. The minimum atomic E-state index is -1.04. The molecule has 0 aliphatic rings. The van der Waals surface area contributed by atoms with E-state index in [0.717, 1.165) is 11.4 Å². The first-order valence-corrected chi connectivity index (χ1v) is 7.39. The minimum absolute atomic E-state index is 0.00479. The lowest BCUT2D eigenvalue weighted by atomic mass is 10.0. The topological polar surface area (TPSA) is 97.1 Å². The highest BCUT2D eigenvalue weighted by Crippen LogP contribution is 2.12. The molecule has 122 valence electrons. The van der Waals surface area contributed by atoms with E-state index in [1.165, 1.54) is 0 Å². The molecule has 1 amide bonds. The molecule has 2 N–H and O–H groups in total. The van der Waals surface area contributed by atoms with Gasteiger partial charge in [0.25, 0.3) is 0 Å². The number of carboxylic acids is 1. The molecule has 0 unspecified atom stereocenters. The van der Waals surface area contributed by atoms with Crippen LogP contribution in [0.2, 0.25) is 0 Å². The lowest BCUT2D eigenvalue weighted by molar-refractivity contribution is -0.143. The van der Waals surface area contributed by atoms with Gasteiger partial charge < -0.3 is 10.4 Å². The number of hydrogen-bond donors (Lipinski definition) is 2. The van der Waals surface area contributed by atoms with Crippen molar-refractivity contribution in [3.05, 3.63) is 41.7 Å². The molecule has 0 saturated carbocycles. The Hall–Kier alpha value is -2.70. The summed E-state index contributed by atoms with van der Waals surface area (Å²) in [5.74, 6) is -1.62. The van der Waals surface area contributed by atoms with Crippen molar-refractivity contribution in [2.75, 3.05) is 0 Å². The molecule has 1 atom stereocenters. The van der Waals surface area contributed by atoms with E-state index < -0.39 is 12.0 Å². The van der Waals surface area contributed by atoms with E-state index in [9.17, 15) is 9.59 Å². The Morgan fingerprint density at radius 1 is 1.26 bits per heavy atom. The van der Waals surface area contributed by atoms with E-state index in [1.54, 1.807) is 18.5 Å². The summed E-state index contributed by atoms with van der Waals surface area (Å²) in [6, 6.07) is 8.57. The highest BCUT2D eigenvalue weighted by atomic mass is 16.4. The molecule has 0 spiro atoms. The summed E-state index contributed by atoms with van der Waals surface area (Å²) in [4.78, 5) is 23.2. The van der Waals surface area contributed by atoms with Crippen LogP contribution in [-0.4, -0.2) is 38.0 Å². The van der Waals surface area contributed by atoms with Crippen molar-refractivity contribution in [2.45, 2.75) is 33.2 Å². The van der Waals surface area contributed by atoms with Crippen molar-refractivity contribution in [1.29, 1.82) is 0 Å². The maximum absolute atomic E-state index is 12.1. The molecule has 2 rings (SSSR count). The van der Waals surface area contributed by atoms with Crippen molar-refractivity contribution >= 4 is 11.9 Å². The average molecular weight is 316 g/mol. The monoisotopic (exact) mass is 316 g/mol. The third-order valence-corrected chi connectivity index (χ3v) is 3.57. The third-order valence-electron chi connectivity index (χ3n) is 3.57. The fourth-order valence-electron chi connectivity index (χ4n) is 2.23. The molecule has 1 aromatic carbocycles. The molecule has 0 bridgehead atoms. The molecule has 7 nitrogen and oxygen atoms in total. The molecule has 0 saturated heterocycles. The van der Waals surface area contributed by atoms with Gasteiger partial charge in [0.1, 0.15) is 6.04 Å². The van der Waals surface area contributed by atoms with Gasteiger partial charge in [0.15, 0.2) is 0 Å². The van der Waals surface area contributed by atoms with E-state index in [-0.39, 0.29) is 18.2 Å². The number of benzene rings is 1. The largest absolute Gasteiger partial charge is 0.480 e. The molecule has 1 heterocycles. The van der Waals surface area contributed by atoms with Crippen LogP contribution in [0.1, 0.15) is 25.2 Å². The van der Waals surface area contributed by atoms with Crippen LogP contribution in [0.25, 0.3) is 5.69 Å². The quantitative estimate of drug-likeness (QED) is 0.838. The summed E-state index contributed by atoms with van der Waals surface area (Å²) in [5, 5.41) is 19.7. The molecule has 0 aliphatic heterocycles. The second kappa shape index (κ2) is 7.04. The van der Waals surface area contributed by atoms with Gasteiger partial charge in [0, 0.05) is 0 Å². The summed E-state index contributed by atoms with van der Waals surface area (Å²) in [7, 11) is 0. The number of hydrogen-bond acceptors (Lipinski definition) is 4. The number of carboxylic acid groups (broad SMARTS) is 1. The van der Waals surface area contributed by atoms with Crippen LogP contribution in [0.3, 0.4) is 0 Å². The van der Waals surface area contributed by atoms with Gasteiger partial charge >= 0.3 is 5.97 Å². The van der Waals surface area contributed by atoms with Crippen molar-refractivity contribution in [2.24, 2.45) is 5.92 Å². The van der Waals surface area contributed by atoms with Gasteiger partial charge in [-0.1, -0.05) is 37.3 Å². The maximum Gasteiger partial charge on any atom is 0.326 e. The predicted octanol–water partition coefficient (Wildman–Crippen LogP) is 1.34. The van der Waals surface area contributed by atoms with E-state index in [0.29, 0.717) is 5.69 Å². The number of amides is 1. The highest BCUT2D eigenvalue weighted by Gasteiger charge is 2.24. The Morgan fingerprint density at radius 3 is 2.48 bits per heavy atom. The number of para-hydroxylation sites is 1. The molecule has 0 radical (unpaired) electrons. The molecule has 7 heteroatoms. The van der Waals surface area contributed by atoms with Crippen molar-refractivity contribution in [3.8, 4) is 5.69 Å². The van der Waals surface area contributed by atoms with Gasteiger partial charge in [0.05, 0.1) is 23.5 Å². The fraction of sp³-hybridized carbons (Fsp3) is 0.375. The first kappa shape index (κ1) is 16.7. The summed E-state index contributed by atoms with van der Waals surface area (Å²) < 4.78 is 1.65. The second-order valence-corrected chi connectivity index (χ2v) is 5.67. The Morgan fingerprint density at radius 2 is 1.91 bits per heavy atom. The standard InChI is InChI=1S/C16H20N4O3/c1-10(2)15(16(22)23)17-14(21)9-13-11(3)20(19-18-13)12-7-5-4-6-8-12/h4-8,10,15H,9H2,1-3H3,(H,17,21)(H,22,23)/t15-/m0/s1. The number of carbonyl (C=O) groups excluding carboxylic acids is 1. The molecular weight excluding hydrogens is 296 g/mol. The van der Waals surface area contributed by atoms with E-state index in [4.69, 9.17) is 5.11 Å². The van der Waals surface area contributed by atoms with Crippen molar-refractivity contribution < 1.29 is 14.7 Å². The Bertz CT molecular complexity index is 695. The molecule has 0 aliphatic carbocycles. The summed E-state index contributed by atoms with van der Waals surface area (Å²) in [6.45, 7) is 5.32. The van der Waals surface area contributed by atoms with Crippen LogP contribution in [-0.2, 0) is 16.0 Å². The van der Waals surface area contributed by atoms with Gasteiger partial charge in [-0.3, -0.25) is 4.79 Å². The lowest BCUT2D eigenvalue weighted by Gasteiger charge is -2.17. The average Bonchev–Trinajstić information content (AvgIpc) is 2.86. The molecule has 23 heavy (non-hydrogen) atoms. The van der Waals surface area contributed by atoms with E-state index in [1.807, 2.05) is 37.3 Å². The zero-order valence-electron chi connectivity index (χ0n) is 13.4. The van der Waals surface area contributed by atoms with Crippen LogP contribution in [0.5, 0.6) is 0 Å². The zero-order valence-corrected chi connectivity index (χ0v) is 13.4. The van der Waals surface area contributed by atoms with Gasteiger partial charge in [-0.05, 0) is 25.0 Å². The first-order valence-electron chi connectivity index (χ1n) is 7.39. The molecular formula is C16H20N4O3. The third kappa shape index (κ3) is 3.94. The Labute approximate surface area is 134 Å². The smallest absolute Gasteiger partial charge is 0.326 e. The minimum Gasteiger partial charge on any atom is -0.480 e. The second-order valence-electron chi connectivity index (χ2n) is 5.67. The van der Waals surface area contributed by atoms with Crippen LogP contribution < -0.4 is 5.32 Å². The van der Waals surface area contributed by atoms with Crippen molar-refractivity contribution in [3.63, 3.8) is 0 Å². The maximum atomic E-state index is 12.1. The summed E-state index contributed by atoms with van der Waals surface area (Å²) >= 11 is 0. The number of nitrogens with one attached hydrogen (secondary N) is 1. The van der Waals surface area contributed by atoms with Gasteiger partial charge in [0.2, 0.25) is 5.91 Å². The number of aliphatic carboxylic acids is 1. The Kier molecular flexibility index (Phi) is 5.10. The molecule has 2 aromatic rings. The van der Waals surface area contributed by atoms with Gasteiger partial charge in [-0.2, -0.15) is 0 Å². The van der Waals surface area contributed by atoms with Crippen LogP contribution >= 0.6 is 0 Å². The number of carbonyl (C=O) groups is 2. The SMILES string of the molecule is Cc1c(CC(=O)N[C@H](C(=O)O)C(C)C)nnn1-c1ccccc1. The molecule has 0 fully saturated rings. The number of nitrogens with zero attached hydrogens (tertiary/aromatic N) is 3. The van der Waals surface area contributed by atoms with Gasteiger partial charge in [-0.25, -0.2) is 9.48 Å². The first-order chi connectivity index (χ1) is 10.9. The van der Waals surface area contributed by atoms with E-state index >= 15 is 0 Å². The number of rotatable bonds is 6. The predicted molar refractivity (Wildman–Crippen MR) is 84.2 cm³/mol. The molecule has 1 aromatic heterocycles. The van der Waals surface area contributed by atoms with Crippen molar-refractivity contribution in [1.82, 2.24) is 20.3 Å². The van der Waals surface area contributed by atoms with Gasteiger partial charge in [-0.15, -0.1) is 5.10 Å². The summed E-state index contributed by atoms with van der Waals surface area (Å²) in [5.41, 5.74) is 2.14. The highest BCUT2D eigenvalue weighted by molar-refractivity contribution is 5.84. The van der Waals surface area contributed by atoms with E-state index in [2.05, 4.69) is 15.6 Å². The lowest BCUT2D eigenvalue weighted by Crippen LogP contribution is -2.45. The Balaban J connectivity index is 2.11. The number of aromatic nitrogens is 3. The normalized spacial score (nSPS) is 12.2.